The van der Waals surface area contributed by atoms with Crippen LogP contribution in [-0.2, 0) is 11.4 Å². The Kier molecular flexibility index (Phi) is 8.42. The van der Waals surface area contributed by atoms with Crippen molar-refractivity contribution >= 4 is 96.9 Å². The lowest BCUT2D eigenvalue weighted by molar-refractivity contribution is -0.123. The van der Waals surface area contributed by atoms with Gasteiger partial charge in [-0.25, -0.2) is 0 Å². The number of benzene rings is 3. The highest BCUT2D eigenvalue weighted by atomic mass is 79.9. The van der Waals surface area contributed by atoms with Crippen molar-refractivity contribution < 1.29 is 14.3 Å². The van der Waals surface area contributed by atoms with Crippen LogP contribution < -0.4 is 10.2 Å². The van der Waals surface area contributed by atoms with Crippen molar-refractivity contribution in [2.45, 2.75) is 6.61 Å². The standard InChI is InChI=1S/C24H14BrCl3N2O3S2/c25-16-4-8-20(33-12-14-3-7-18(27)11-19(14)28)15(9-16)10-21-23(32)30(24(34)35-21)29-22(31)13-1-5-17(26)6-2-13/h1-11H,12H2,(H,29,31)/b21-10+. The fraction of sp³-hybridized carbons (Fsp3) is 0.0417. The first-order chi connectivity index (χ1) is 16.7. The highest BCUT2D eigenvalue weighted by molar-refractivity contribution is 9.10. The maximum absolute atomic E-state index is 13.0. The molecule has 1 heterocycles. The minimum absolute atomic E-state index is 0.203. The molecule has 11 heteroatoms. The van der Waals surface area contributed by atoms with E-state index in [2.05, 4.69) is 21.4 Å². The number of halogens is 4. The van der Waals surface area contributed by atoms with E-state index in [0.29, 0.717) is 36.8 Å². The molecule has 0 spiro atoms. The second kappa shape index (κ2) is 11.3. The number of hydrogen-bond acceptors (Lipinski definition) is 5. The summed E-state index contributed by atoms with van der Waals surface area (Å²) >= 11 is 27.9. The van der Waals surface area contributed by atoms with Crippen molar-refractivity contribution in [1.82, 2.24) is 10.4 Å². The monoisotopic (exact) mass is 626 g/mol. The summed E-state index contributed by atoms with van der Waals surface area (Å²) in [6.07, 6.45) is 1.66. The van der Waals surface area contributed by atoms with Crippen molar-refractivity contribution in [2.24, 2.45) is 0 Å². The van der Waals surface area contributed by atoms with Gasteiger partial charge in [0.1, 0.15) is 12.4 Å². The van der Waals surface area contributed by atoms with Crippen molar-refractivity contribution in [2.75, 3.05) is 0 Å². The number of hydrazine groups is 1. The van der Waals surface area contributed by atoms with Gasteiger partial charge in [0, 0.05) is 36.2 Å². The molecule has 0 saturated carbocycles. The van der Waals surface area contributed by atoms with Gasteiger partial charge in [0.2, 0.25) is 0 Å². The van der Waals surface area contributed by atoms with Gasteiger partial charge in [-0.3, -0.25) is 15.0 Å². The molecule has 3 aromatic carbocycles. The first-order valence-electron chi connectivity index (χ1n) is 9.92. The highest BCUT2D eigenvalue weighted by Crippen LogP contribution is 2.35. The molecule has 1 aliphatic heterocycles. The van der Waals surface area contributed by atoms with Gasteiger partial charge in [0.15, 0.2) is 4.32 Å². The summed E-state index contributed by atoms with van der Waals surface area (Å²) in [5.41, 5.74) is 4.30. The van der Waals surface area contributed by atoms with E-state index in [0.717, 1.165) is 26.8 Å². The van der Waals surface area contributed by atoms with Gasteiger partial charge in [-0.15, -0.1) is 0 Å². The fourth-order valence-corrected chi connectivity index (χ4v) is 5.17. The van der Waals surface area contributed by atoms with E-state index in [4.69, 9.17) is 51.8 Å². The third-order valence-electron chi connectivity index (χ3n) is 4.77. The first-order valence-corrected chi connectivity index (χ1v) is 13.1. The molecule has 4 rings (SSSR count). The number of hydrogen-bond donors (Lipinski definition) is 1. The third-order valence-corrected chi connectivity index (χ3v) is 7.40. The molecular formula is C24H14BrCl3N2O3S2. The average molecular weight is 629 g/mol. The van der Waals surface area contributed by atoms with E-state index >= 15 is 0 Å². The summed E-state index contributed by atoms with van der Waals surface area (Å²) in [5.74, 6) is -0.394. The van der Waals surface area contributed by atoms with Crippen LogP contribution in [0.2, 0.25) is 15.1 Å². The molecule has 0 unspecified atom stereocenters. The molecule has 1 fully saturated rings. The summed E-state index contributed by atoms with van der Waals surface area (Å²) in [4.78, 5) is 25.9. The van der Waals surface area contributed by atoms with Crippen LogP contribution in [0.1, 0.15) is 21.5 Å². The van der Waals surface area contributed by atoms with Crippen molar-refractivity contribution in [3.05, 3.63) is 102 Å². The number of nitrogens with one attached hydrogen (secondary N) is 1. The molecule has 0 aromatic heterocycles. The Morgan fingerprint density at radius 2 is 1.77 bits per heavy atom. The molecular weight excluding hydrogens is 615 g/mol. The Hall–Kier alpha value is -2.07. The van der Waals surface area contributed by atoms with E-state index in [1.807, 2.05) is 12.1 Å². The zero-order valence-electron chi connectivity index (χ0n) is 17.6. The molecule has 3 aromatic rings. The van der Waals surface area contributed by atoms with Crippen LogP contribution in [0.15, 0.2) is 70.0 Å². The zero-order chi connectivity index (χ0) is 25.1. The van der Waals surface area contributed by atoms with Crippen LogP contribution in [0.4, 0.5) is 0 Å². The number of thiocarbonyl (C=S) groups is 1. The summed E-state index contributed by atoms with van der Waals surface area (Å²) in [7, 11) is 0. The lowest BCUT2D eigenvalue weighted by Gasteiger charge is -2.15. The van der Waals surface area contributed by atoms with Gasteiger partial charge in [-0.1, -0.05) is 68.6 Å². The second-order valence-electron chi connectivity index (χ2n) is 7.17. The van der Waals surface area contributed by atoms with Gasteiger partial charge in [0.25, 0.3) is 11.8 Å². The molecule has 35 heavy (non-hydrogen) atoms. The first kappa shape index (κ1) is 26.0. The van der Waals surface area contributed by atoms with Crippen LogP contribution in [0.5, 0.6) is 5.75 Å². The number of amides is 2. The van der Waals surface area contributed by atoms with Crippen LogP contribution >= 0.6 is 74.7 Å². The van der Waals surface area contributed by atoms with E-state index in [1.165, 1.54) is 0 Å². The van der Waals surface area contributed by atoms with Gasteiger partial charge in [-0.05, 0) is 72.9 Å². The summed E-state index contributed by atoms with van der Waals surface area (Å²) < 4.78 is 6.99. The van der Waals surface area contributed by atoms with Gasteiger partial charge in [-0.2, -0.15) is 5.01 Å². The Labute approximate surface area is 234 Å². The summed E-state index contributed by atoms with van der Waals surface area (Å²) in [6.45, 7) is 0.205. The van der Waals surface area contributed by atoms with Crippen LogP contribution in [0.25, 0.3) is 6.08 Å². The topological polar surface area (TPSA) is 58.6 Å². The van der Waals surface area contributed by atoms with Crippen molar-refractivity contribution in [1.29, 1.82) is 0 Å². The molecule has 1 N–H and O–H groups in total. The van der Waals surface area contributed by atoms with E-state index in [1.54, 1.807) is 54.6 Å². The molecule has 5 nitrogen and oxygen atoms in total. The molecule has 0 aliphatic carbocycles. The normalized spacial score (nSPS) is 14.5. The largest absolute Gasteiger partial charge is 0.488 e. The third kappa shape index (κ3) is 6.39. The highest BCUT2D eigenvalue weighted by Gasteiger charge is 2.34. The predicted octanol–water partition coefficient (Wildman–Crippen LogP) is 7.53. The van der Waals surface area contributed by atoms with Gasteiger partial charge < -0.3 is 4.74 Å². The molecule has 0 radical (unpaired) electrons. The number of nitrogens with zero attached hydrogens (tertiary/aromatic N) is 1. The Morgan fingerprint density at radius 1 is 1.06 bits per heavy atom. The molecule has 0 bridgehead atoms. The minimum atomic E-state index is -0.481. The molecule has 178 valence electrons. The SMILES string of the molecule is O=C(NN1C(=O)/C(=C\c2cc(Br)ccc2OCc2ccc(Cl)cc2Cl)SC1=S)c1ccc(Cl)cc1. The average Bonchev–Trinajstić information content (AvgIpc) is 3.07. The molecule has 1 aliphatic rings. The van der Waals surface area contributed by atoms with E-state index < -0.39 is 11.8 Å². The Morgan fingerprint density at radius 3 is 2.49 bits per heavy atom. The lowest BCUT2D eigenvalue weighted by Crippen LogP contribution is -2.44. The minimum Gasteiger partial charge on any atom is -0.488 e. The zero-order valence-corrected chi connectivity index (χ0v) is 23.0. The fourth-order valence-electron chi connectivity index (χ4n) is 3.03. The molecule has 0 atom stereocenters. The summed E-state index contributed by atoms with van der Waals surface area (Å²) in [6, 6.07) is 16.9. The predicted molar refractivity (Wildman–Crippen MR) is 149 cm³/mol. The van der Waals surface area contributed by atoms with Crippen molar-refractivity contribution in [3.8, 4) is 5.75 Å². The number of thioether (sulfide) groups is 1. The van der Waals surface area contributed by atoms with Crippen LogP contribution in [-0.4, -0.2) is 21.1 Å². The lowest BCUT2D eigenvalue weighted by atomic mass is 10.1. The Balaban J connectivity index is 1.53. The molecule has 1 saturated heterocycles. The number of ether oxygens (including phenoxy) is 1. The summed E-state index contributed by atoms with van der Waals surface area (Å²) in [5, 5.41) is 2.58. The van der Waals surface area contributed by atoms with Gasteiger partial charge in [0.05, 0.1) is 4.91 Å². The second-order valence-corrected chi connectivity index (χ2v) is 11.0. The molecule has 2 amide bonds. The number of rotatable bonds is 6. The van der Waals surface area contributed by atoms with Gasteiger partial charge >= 0.3 is 0 Å². The smallest absolute Gasteiger partial charge is 0.285 e. The maximum atomic E-state index is 13.0. The number of carbonyl (C=O) groups excluding carboxylic acids is 2. The Bertz CT molecular complexity index is 1370. The van der Waals surface area contributed by atoms with Crippen LogP contribution in [0, 0.1) is 0 Å². The van der Waals surface area contributed by atoms with Crippen molar-refractivity contribution in [3.63, 3.8) is 0 Å². The van der Waals surface area contributed by atoms with E-state index in [-0.39, 0.29) is 10.9 Å². The quantitative estimate of drug-likeness (QED) is 0.226. The maximum Gasteiger partial charge on any atom is 0.285 e. The number of carbonyl (C=O) groups is 2. The van der Waals surface area contributed by atoms with E-state index in [9.17, 15) is 9.59 Å². The van der Waals surface area contributed by atoms with Crippen LogP contribution in [0.3, 0.4) is 0 Å².